The van der Waals surface area contributed by atoms with Gasteiger partial charge >= 0.3 is 0 Å². The molecule has 5 rings (SSSR count). The summed E-state index contributed by atoms with van der Waals surface area (Å²) in [5.74, 6) is -0.526. The molecule has 0 atom stereocenters. The average molecular weight is 457 g/mol. The smallest absolute Gasteiger partial charge is 0.278 e. The fourth-order valence-corrected chi connectivity index (χ4v) is 4.40. The number of hydrogen-bond donors (Lipinski definition) is 1. The second-order valence-electron chi connectivity index (χ2n) is 7.22. The summed E-state index contributed by atoms with van der Waals surface area (Å²) in [4.78, 5) is 41.0. The third-order valence-corrected chi connectivity index (χ3v) is 5.99. The Kier molecular flexibility index (Phi) is 5.11. The molecule has 0 spiro atoms. The maximum Gasteiger partial charge on any atom is 0.278 e. The van der Waals surface area contributed by atoms with E-state index in [0.717, 1.165) is 16.9 Å². The number of amides is 1. The fraction of sp³-hybridized carbons (Fsp3) is 0.0435. The van der Waals surface area contributed by atoms with E-state index >= 15 is 0 Å². The van der Waals surface area contributed by atoms with Crippen LogP contribution in [0.15, 0.2) is 77.6 Å². The molecule has 9 nitrogen and oxygen atoms in total. The van der Waals surface area contributed by atoms with Crippen LogP contribution in [0.3, 0.4) is 0 Å². The van der Waals surface area contributed by atoms with Crippen LogP contribution < -0.4 is 10.9 Å². The van der Waals surface area contributed by atoms with Gasteiger partial charge in [-0.25, -0.2) is 9.67 Å². The van der Waals surface area contributed by atoms with Crippen LogP contribution in [0, 0.1) is 10.1 Å². The highest BCUT2D eigenvalue weighted by Crippen LogP contribution is 2.29. The van der Waals surface area contributed by atoms with Crippen molar-refractivity contribution in [3.63, 3.8) is 0 Å². The van der Waals surface area contributed by atoms with Crippen LogP contribution in [0.25, 0.3) is 21.0 Å². The van der Waals surface area contributed by atoms with E-state index in [0.29, 0.717) is 21.0 Å². The Labute approximate surface area is 190 Å². The van der Waals surface area contributed by atoms with Gasteiger partial charge in [0.2, 0.25) is 0 Å². The molecule has 10 heteroatoms. The monoisotopic (exact) mass is 457 g/mol. The lowest BCUT2D eigenvalue weighted by molar-refractivity contribution is -0.384. The van der Waals surface area contributed by atoms with Crippen LogP contribution in [0.4, 0.5) is 10.8 Å². The van der Waals surface area contributed by atoms with Gasteiger partial charge in [0.15, 0.2) is 10.8 Å². The first kappa shape index (κ1) is 20.5. The molecule has 0 aliphatic heterocycles. The van der Waals surface area contributed by atoms with E-state index in [4.69, 9.17) is 0 Å². The molecule has 162 valence electrons. The number of hydrogen-bond acceptors (Lipinski definition) is 7. The molecule has 0 fully saturated rings. The summed E-state index contributed by atoms with van der Waals surface area (Å²) in [6.45, 7) is 0.218. The predicted octanol–water partition coefficient (Wildman–Crippen LogP) is 4.22. The summed E-state index contributed by atoms with van der Waals surface area (Å²) in [5, 5.41) is 19.2. The van der Waals surface area contributed by atoms with Crippen molar-refractivity contribution in [2.75, 3.05) is 5.32 Å². The summed E-state index contributed by atoms with van der Waals surface area (Å²) < 4.78 is 1.85. The van der Waals surface area contributed by atoms with Crippen LogP contribution in [0.2, 0.25) is 0 Å². The first-order chi connectivity index (χ1) is 16.0. The van der Waals surface area contributed by atoms with Gasteiger partial charge in [-0.15, -0.1) is 0 Å². The second-order valence-corrected chi connectivity index (χ2v) is 8.26. The molecule has 3 aromatic carbocycles. The van der Waals surface area contributed by atoms with E-state index in [1.807, 2.05) is 30.3 Å². The van der Waals surface area contributed by atoms with E-state index < -0.39 is 10.8 Å². The molecule has 0 saturated carbocycles. The van der Waals surface area contributed by atoms with Crippen LogP contribution in [-0.2, 0) is 6.54 Å². The molecule has 2 aromatic heterocycles. The molecule has 1 N–H and O–H groups in total. The molecular formula is C23H15N5O4S. The number of thiazole rings is 1. The SMILES string of the molecule is O=C(Nc1nc2ccc([N+](=O)[O-])cc2s1)c1nn(Cc2ccccc2)c(=O)c2ccccc12. The maximum absolute atomic E-state index is 13.2. The van der Waals surface area contributed by atoms with Crippen molar-refractivity contribution in [2.24, 2.45) is 0 Å². The number of benzene rings is 3. The third-order valence-electron chi connectivity index (χ3n) is 5.06. The van der Waals surface area contributed by atoms with Crippen molar-refractivity contribution in [1.82, 2.24) is 14.8 Å². The number of non-ortho nitro benzene ring substituents is 1. The van der Waals surface area contributed by atoms with Crippen molar-refractivity contribution in [3.05, 3.63) is 105 Å². The number of fused-ring (bicyclic) bond motifs is 2. The highest BCUT2D eigenvalue weighted by molar-refractivity contribution is 7.22. The van der Waals surface area contributed by atoms with Gasteiger partial charge in [0, 0.05) is 17.5 Å². The van der Waals surface area contributed by atoms with Crippen LogP contribution in [0.5, 0.6) is 0 Å². The van der Waals surface area contributed by atoms with E-state index in [1.165, 1.54) is 22.9 Å². The summed E-state index contributed by atoms with van der Waals surface area (Å²) >= 11 is 1.12. The van der Waals surface area contributed by atoms with Crippen molar-refractivity contribution >= 4 is 49.1 Å². The summed E-state index contributed by atoms with van der Waals surface area (Å²) in [7, 11) is 0. The highest BCUT2D eigenvalue weighted by atomic mass is 32.1. The van der Waals surface area contributed by atoms with Crippen molar-refractivity contribution in [3.8, 4) is 0 Å². The number of nitrogens with one attached hydrogen (secondary N) is 1. The van der Waals surface area contributed by atoms with Crippen LogP contribution in [0.1, 0.15) is 16.1 Å². The van der Waals surface area contributed by atoms with Gasteiger partial charge in [0.1, 0.15) is 0 Å². The average Bonchev–Trinajstić information content (AvgIpc) is 3.23. The van der Waals surface area contributed by atoms with Gasteiger partial charge in [0.05, 0.1) is 27.1 Å². The van der Waals surface area contributed by atoms with Gasteiger partial charge in [-0.1, -0.05) is 59.9 Å². The molecule has 33 heavy (non-hydrogen) atoms. The number of nitro benzene ring substituents is 1. The van der Waals surface area contributed by atoms with Gasteiger partial charge in [0.25, 0.3) is 17.2 Å². The fourth-order valence-electron chi connectivity index (χ4n) is 3.50. The first-order valence-corrected chi connectivity index (χ1v) is 10.7. The Morgan fingerprint density at radius 2 is 1.76 bits per heavy atom. The number of anilines is 1. The molecular weight excluding hydrogens is 442 g/mol. The largest absolute Gasteiger partial charge is 0.296 e. The lowest BCUT2D eigenvalue weighted by Crippen LogP contribution is -2.28. The zero-order valence-electron chi connectivity index (χ0n) is 17.0. The quantitative estimate of drug-likeness (QED) is 0.312. The lowest BCUT2D eigenvalue weighted by atomic mass is 10.1. The number of nitro groups is 1. The maximum atomic E-state index is 13.2. The molecule has 0 saturated heterocycles. The Morgan fingerprint density at radius 1 is 1.03 bits per heavy atom. The summed E-state index contributed by atoms with van der Waals surface area (Å²) in [6.07, 6.45) is 0. The van der Waals surface area contributed by atoms with E-state index in [1.54, 1.807) is 24.3 Å². The molecule has 2 heterocycles. The Balaban J connectivity index is 1.54. The van der Waals surface area contributed by atoms with Crippen LogP contribution >= 0.6 is 11.3 Å². The molecule has 0 bridgehead atoms. The molecule has 0 unspecified atom stereocenters. The van der Waals surface area contributed by atoms with E-state index in [2.05, 4.69) is 15.4 Å². The topological polar surface area (TPSA) is 120 Å². The molecule has 1 amide bonds. The number of aromatic nitrogens is 3. The minimum Gasteiger partial charge on any atom is -0.296 e. The normalized spacial score (nSPS) is 11.0. The minimum absolute atomic E-state index is 0.0512. The Morgan fingerprint density at radius 3 is 2.52 bits per heavy atom. The second kappa shape index (κ2) is 8.24. The third kappa shape index (κ3) is 3.94. The molecule has 0 aliphatic rings. The predicted molar refractivity (Wildman–Crippen MR) is 126 cm³/mol. The number of nitrogens with zero attached hydrogens (tertiary/aromatic N) is 4. The van der Waals surface area contributed by atoms with E-state index in [9.17, 15) is 19.7 Å². The van der Waals surface area contributed by atoms with Gasteiger partial charge in [-0.3, -0.25) is 25.0 Å². The zero-order chi connectivity index (χ0) is 22.9. The molecule has 0 aliphatic carbocycles. The lowest BCUT2D eigenvalue weighted by Gasteiger charge is -2.10. The zero-order valence-corrected chi connectivity index (χ0v) is 17.8. The summed E-state index contributed by atoms with van der Waals surface area (Å²) in [6, 6.07) is 20.5. The number of carbonyl (C=O) groups is 1. The van der Waals surface area contributed by atoms with Gasteiger partial charge < -0.3 is 0 Å². The summed E-state index contributed by atoms with van der Waals surface area (Å²) in [5.41, 5.74) is 1.16. The first-order valence-electron chi connectivity index (χ1n) is 9.90. The highest BCUT2D eigenvalue weighted by Gasteiger charge is 2.19. The Hall–Kier alpha value is -4.44. The van der Waals surface area contributed by atoms with E-state index in [-0.39, 0.29) is 28.6 Å². The number of carbonyl (C=O) groups excluding carboxylic acids is 1. The van der Waals surface area contributed by atoms with Crippen molar-refractivity contribution in [1.29, 1.82) is 0 Å². The van der Waals surface area contributed by atoms with Gasteiger partial charge in [-0.2, -0.15) is 5.10 Å². The molecule has 0 radical (unpaired) electrons. The van der Waals surface area contributed by atoms with Crippen molar-refractivity contribution in [2.45, 2.75) is 6.54 Å². The van der Waals surface area contributed by atoms with Gasteiger partial charge in [-0.05, 0) is 17.7 Å². The standard InChI is InChI=1S/C23H15N5O4S/c29-21(25-23-24-18-11-10-15(28(31)32)12-19(18)33-23)20-16-8-4-5-9-17(16)22(30)27(26-20)13-14-6-2-1-3-7-14/h1-12H,13H2,(H,24,25,29). The number of rotatable bonds is 5. The van der Waals surface area contributed by atoms with Crippen molar-refractivity contribution < 1.29 is 9.72 Å². The van der Waals surface area contributed by atoms with Crippen LogP contribution in [-0.4, -0.2) is 25.6 Å². The Bertz CT molecular complexity index is 1590. The minimum atomic E-state index is -0.526. The molecule has 5 aromatic rings.